The molecule has 1 atom stereocenters. The first kappa shape index (κ1) is 16.8. The number of hydrogen-bond donors (Lipinski definition) is 0. The topological polar surface area (TPSA) is 16.1 Å². The molecule has 1 aliphatic heterocycles. The summed E-state index contributed by atoms with van der Waals surface area (Å²) in [6.07, 6.45) is 6.42. The normalized spacial score (nSPS) is 19.8. The van der Waals surface area contributed by atoms with Crippen LogP contribution in [0.5, 0.6) is 0 Å². The van der Waals surface area contributed by atoms with Crippen LogP contribution in [0, 0.1) is 20.8 Å². The highest BCUT2D eigenvalue weighted by atomic mass is 15.2. The van der Waals surface area contributed by atoms with Gasteiger partial charge >= 0.3 is 0 Å². The van der Waals surface area contributed by atoms with Crippen LogP contribution in [0.25, 0.3) is 6.08 Å². The molecule has 0 spiro atoms. The minimum Gasteiger partial charge on any atom is -0.366 e. The van der Waals surface area contributed by atoms with Gasteiger partial charge < -0.3 is 4.90 Å². The van der Waals surface area contributed by atoms with Gasteiger partial charge in [-0.05, 0) is 68.0 Å². The summed E-state index contributed by atoms with van der Waals surface area (Å²) in [7, 11) is 2.15. The van der Waals surface area contributed by atoms with Crippen LogP contribution in [0.1, 0.15) is 65.8 Å². The maximum atomic E-state index is 4.93. The molecule has 0 bridgehead atoms. The van der Waals surface area contributed by atoms with Crippen molar-refractivity contribution in [2.24, 2.45) is 0 Å². The molecule has 0 radical (unpaired) electrons. The van der Waals surface area contributed by atoms with Gasteiger partial charge in [-0.25, -0.2) is 0 Å². The number of rotatable bonds is 2. The molecule has 0 amide bonds. The summed E-state index contributed by atoms with van der Waals surface area (Å²) in [5.74, 6) is 0.491. The summed E-state index contributed by atoms with van der Waals surface area (Å²) in [6.45, 7) is 13.3. The van der Waals surface area contributed by atoms with Crippen molar-refractivity contribution >= 4 is 6.08 Å². The second-order valence-corrected chi connectivity index (χ2v) is 7.61. The molecule has 2 heteroatoms. The zero-order valence-corrected chi connectivity index (χ0v) is 15.9. The van der Waals surface area contributed by atoms with Crippen LogP contribution in [0.3, 0.4) is 0 Å². The number of nitrogens with zero attached hydrogens (tertiary/aromatic N) is 2. The fraction of sp³-hybridized carbons (Fsp3) is 0.409. The maximum Gasteiger partial charge on any atom is 0.105 e. The van der Waals surface area contributed by atoms with E-state index < -0.39 is 0 Å². The molecule has 2 nitrogen and oxygen atoms in total. The van der Waals surface area contributed by atoms with Gasteiger partial charge in [0.1, 0.15) is 5.54 Å². The Hall–Kier alpha value is -2.09. The highest BCUT2D eigenvalue weighted by Gasteiger charge is 2.39. The van der Waals surface area contributed by atoms with E-state index >= 15 is 0 Å². The Balaban J connectivity index is 2.27. The van der Waals surface area contributed by atoms with Crippen molar-refractivity contribution in [3.63, 3.8) is 0 Å². The largest absolute Gasteiger partial charge is 0.366 e. The molecule has 0 aliphatic carbocycles. The quantitative estimate of drug-likeness (QED) is 0.745. The Kier molecular flexibility index (Phi) is 4.03. The third-order valence-electron chi connectivity index (χ3n) is 5.59. The Morgan fingerprint density at radius 3 is 2.46 bits per heavy atom. The van der Waals surface area contributed by atoms with Gasteiger partial charge in [0.2, 0.25) is 0 Å². The third-order valence-corrected chi connectivity index (χ3v) is 5.59. The van der Waals surface area contributed by atoms with E-state index in [9.17, 15) is 0 Å². The second-order valence-electron chi connectivity index (χ2n) is 7.61. The van der Waals surface area contributed by atoms with Gasteiger partial charge in [-0.2, -0.15) is 0 Å². The lowest BCUT2D eigenvalue weighted by atomic mass is 9.78. The van der Waals surface area contributed by atoms with Gasteiger partial charge in [-0.15, -0.1) is 0 Å². The van der Waals surface area contributed by atoms with Gasteiger partial charge in [-0.1, -0.05) is 31.5 Å². The molecule has 1 aromatic heterocycles. The Bertz CT molecular complexity index is 817. The maximum absolute atomic E-state index is 4.93. The lowest BCUT2D eigenvalue weighted by Crippen LogP contribution is -2.42. The molecule has 0 saturated heterocycles. The van der Waals surface area contributed by atoms with Crippen LogP contribution in [0.2, 0.25) is 0 Å². The highest BCUT2D eigenvalue weighted by Crippen LogP contribution is 2.42. The zero-order valence-electron chi connectivity index (χ0n) is 15.9. The number of pyridine rings is 1. The van der Waals surface area contributed by atoms with E-state index in [4.69, 9.17) is 4.98 Å². The predicted molar refractivity (Wildman–Crippen MR) is 102 cm³/mol. The van der Waals surface area contributed by atoms with E-state index in [0.29, 0.717) is 5.92 Å². The van der Waals surface area contributed by atoms with Crippen molar-refractivity contribution in [2.75, 3.05) is 7.05 Å². The second kappa shape index (κ2) is 5.77. The summed E-state index contributed by atoms with van der Waals surface area (Å²) in [5.41, 5.74) is 8.77. The van der Waals surface area contributed by atoms with Crippen molar-refractivity contribution < 1.29 is 0 Å². The molecular weight excluding hydrogens is 292 g/mol. The van der Waals surface area contributed by atoms with Crippen LogP contribution < -0.4 is 0 Å². The van der Waals surface area contributed by atoms with Crippen molar-refractivity contribution in [1.82, 2.24) is 9.88 Å². The van der Waals surface area contributed by atoms with E-state index in [2.05, 4.69) is 84.0 Å². The molecule has 2 aromatic rings. The first-order valence-corrected chi connectivity index (χ1v) is 8.75. The average molecular weight is 320 g/mol. The fourth-order valence-corrected chi connectivity index (χ4v) is 3.72. The Labute approximate surface area is 146 Å². The molecule has 2 heterocycles. The minimum absolute atomic E-state index is 0.250. The number of benzene rings is 1. The molecule has 24 heavy (non-hydrogen) atoms. The van der Waals surface area contributed by atoms with Crippen LogP contribution in [-0.4, -0.2) is 16.9 Å². The monoisotopic (exact) mass is 320 g/mol. The minimum atomic E-state index is -0.250. The summed E-state index contributed by atoms with van der Waals surface area (Å²) in [6, 6.07) is 6.88. The highest BCUT2D eigenvalue weighted by molar-refractivity contribution is 5.61. The summed E-state index contributed by atoms with van der Waals surface area (Å²) < 4.78 is 0. The van der Waals surface area contributed by atoms with Gasteiger partial charge in [0.25, 0.3) is 0 Å². The summed E-state index contributed by atoms with van der Waals surface area (Å²) in [4.78, 5) is 7.22. The summed E-state index contributed by atoms with van der Waals surface area (Å²) >= 11 is 0. The van der Waals surface area contributed by atoms with E-state index in [1.807, 2.05) is 6.20 Å². The van der Waals surface area contributed by atoms with Gasteiger partial charge in [-0.3, -0.25) is 4.98 Å². The molecule has 1 aromatic carbocycles. The van der Waals surface area contributed by atoms with Crippen LogP contribution in [0.15, 0.2) is 30.6 Å². The van der Waals surface area contributed by atoms with E-state index in [0.717, 1.165) is 5.69 Å². The molecule has 126 valence electrons. The van der Waals surface area contributed by atoms with Crippen LogP contribution in [-0.2, 0) is 5.54 Å². The van der Waals surface area contributed by atoms with Crippen molar-refractivity contribution in [1.29, 1.82) is 0 Å². The Morgan fingerprint density at radius 1 is 1.08 bits per heavy atom. The zero-order chi connectivity index (χ0) is 17.6. The number of hydrogen-bond acceptors (Lipinski definition) is 2. The number of fused-ring (bicyclic) bond motifs is 1. The first-order chi connectivity index (χ1) is 11.2. The van der Waals surface area contributed by atoms with E-state index in [1.165, 1.54) is 33.4 Å². The van der Waals surface area contributed by atoms with Crippen molar-refractivity contribution in [3.05, 3.63) is 69.7 Å². The average Bonchev–Trinajstić information content (AvgIpc) is 2.54. The van der Waals surface area contributed by atoms with Crippen LogP contribution in [0.4, 0.5) is 0 Å². The van der Waals surface area contributed by atoms with Gasteiger partial charge in [0.05, 0.1) is 5.69 Å². The molecular formula is C22H28N2. The summed E-state index contributed by atoms with van der Waals surface area (Å²) in [5, 5.41) is 0. The number of aryl methyl sites for hydroxylation is 2. The van der Waals surface area contributed by atoms with Gasteiger partial charge in [0, 0.05) is 25.0 Å². The number of aromatic nitrogens is 1. The smallest absolute Gasteiger partial charge is 0.105 e. The molecule has 3 rings (SSSR count). The predicted octanol–water partition coefficient (Wildman–Crippen LogP) is 5.31. The van der Waals surface area contributed by atoms with Crippen LogP contribution >= 0.6 is 0 Å². The fourth-order valence-electron chi connectivity index (χ4n) is 3.72. The lowest BCUT2D eigenvalue weighted by molar-refractivity contribution is 0.243. The van der Waals surface area contributed by atoms with Crippen molar-refractivity contribution in [3.8, 4) is 0 Å². The molecule has 0 fully saturated rings. The molecule has 1 unspecified atom stereocenters. The lowest BCUT2D eigenvalue weighted by Gasteiger charge is -2.43. The van der Waals surface area contributed by atoms with E-state index in [-0.39, 0.29) is 5.54 Å². The first-order valence-electron chi connectivity index (χ1n) is 8.75. The standard InChI is InChI=1S/C22H28N2/c1-14(2)19-12-18-8-9-24(7)22(6,21(18)23-13-19)20-11-15(3)10-16(4)17(20)5/h8-14H,1-7H3. The Morgan fingerprint density at radius 2 is 1.79 bits per heavy atom. The molecule has 1 aliphatic rings. The van der Waals surface area contributed by atoms with E-state index in [1.54, 1.807) is 0 Å². The molecule has 0 saturated carbocycles. The van der Waals surface area contributed by atoms with Gasteiger partial charge in [0.15, 0.2) is 0 Å². The molecule has 0 N–H and O–H groups in total. The SMILES string of the molecule is Cc1cc(C)c(C)c(C2(C)c3ncc(C(C)C)cc3C=CN2C)c1. The van der Waals surface area contributed by atoms with Crippen molar-refractivity contribution in [2.45, 2.75) is 53.0 Å². The third kappa shape index (κ3) is 2.45.